The molecule has 98 valence electrons. The molecule has 1 atom stereocenters. The van der Waals surface area contributed by atoms with Gasteiger partial charge in [-0.2, -0.15) is 0 Å². The SMILES string of the molecule is O=C(Nc1cnc(-c2ccccc2)s1)[C@H]1CCCN1. The van der Waals surface area contributed by atoms with Crippen LogP contribution in [0.1, 0.15) is 12.8 Å². The molecule has 3 rings (SSSR count). The highest BCUT2D eigenvalue weighted by Crippen LogP contribution is 2.28. The number of carbonyl (C=O) groups is 1. The van der Waals surface area contributed by atoms with Crippen LogP contribution in [0.15, 0.2) is 36.5 Å². The highest BCUT2D eigenvalue weighted by Gasteiger charge is 2.22. The molecule has 0 aliphatic carbocycles. The summed E-state index contributed by atoms with van der Waals surface area (Å²) in [7, 11) is 0. The van der Waals surface area contributed by atoms with E-state index in [0.29, 0.717) is 0 Å². The van der Waals surface area contributed by atoms with E-state index in [0.717, 1.165) is 35.0 Å². The average Bonchev–Trinajstić information content (AvgIpc) is 3.11. The summed E-state index contributed by atoms with van der Waals surface area (Å²) in [5.74, 6) is 0.0424. The van der Waals surface area contributed by atoms with Crippen LogP contribution in [0.2, 0.25) is 0 Å². The largest absolute Gasteiger partial charge is 0.315 e. The smallest absolute Gasteiger partial charge is 0.242 e. The molecule has 0 bridgehead atoms. The molecule has 1 aromatic carbocycles. The van der Waals surface area contributed by atoms with E-state index in [2.05, 4.69) is 15.6 Å². The zero-order valence-corrected chi connectivity index (χ0v) is 11.2. The van der Waals surface area contributed by atoms with Crippen LogP contribution in [0, 0.1) is 0 Å². The summed E-state index contributed by atoms with van der Waals surface area (Å²) in [6.07, 6.45) is 3.70. The maximum atomic E-state index is 12.0. The Morgan fingerprint density at radius 3 is 2.95 bits per heavy atom. The topological polar surface area (TPSA) is 54.0 Å². The van der Waals surface area contributed by atoms with Crippen molar-refractivity contribution in [3.63, 3.8) is 0 Å². The predicted molar refractivity (Wildman–Crippen MR) is 77.2 cm³/mol. The summed E-state index contributed by atoms with van der Waals surface area (Å²) in [5, 5.41) is 7.85. The molecule has 5 heteroatoms. The molecule has 0 spiro atoms. The van der Waals surface area contributed by atoms with Crippen LogP contribution >= 0.6 is 11.3 Å². The standard InChI is InChI=1S/C14H15N3OS/c18-13(11-7-4-8-15-11)17-12-9-16-14(19-12)10-5-2-1-3-6-10/h1-3,5-6,9,11,15H,4,7-8H2,(H,17,18)/t11-/m1/s1. The van der Waals surface area contributed by atoms with Gasteiger partial charge in [-0.1, -0.05) is 41.7 Å². The lowest BCUT2D eigenvalue weighted by Gasteiger charge is -2.08. The number of hydrogen-bond donors (Lipinski definition) is 2. The van der Waals surface area contributed by atoms with E-state index in [1.807, 2.05) is 30.3 Å². The first-order chi connectivity index (χ1) is 9.33. The van der Waals surface area contributed by atoms with Crippen molar-refractivity contribution in [1.29, 1.82) is 0 Å². The minimum atomic E-state index is -0.0534. The molecule has 0 saturated carbocycles. The first-order valence-corrected chi connectivity index (χ1v) is 7.20. The van der Waals surface area contributed by atoms with Gasteiger partial charge in [-0.15, -0.1) is 0 Å². The van der Waals surface area contributed by atoms with Crippen LogP contribution in [0.4, 0.5) is 5.00 Å². The fourth-order valence-electron chi connectivity index (χ4n) is 2.16. The van der Waals surface area contributed by atoms with Crippen LogP contribution in [-0.4, -0.2) is 23.5 Å². The molecule has 1 fully saturated rings. The van der Waals surface area contributed by atoms with Crippen molar-refractivity contribution in [2.75, 3.05) is 11.9 Å². The van der Waals surface area contributed by atoms with Crippen molar-refractivity contribution in [2.45, 2.75) is 18.9 Å². The molecule has 2 heterocycles. The van der Waals surface area contributed by atoms with Crippen LogP contribution in [0.5, 0.6) is 0 Å². The van der Waals surface area contributed by atoms with E-state index < -0.39 is 0 Å². The van der Waals surface area contributed by atoms with Gasteiger partial charge in [0.25, 0.3) is 0 Å². The molecule has 1 aliphatic rings. The number of benzene rings is 1. The molecule has 1 aliphatic heterocycles. The molecule has 19 heavy (non-hydrogen) atoms. The molecule has 4 nitrogen and oxygen atoms in total. The summed E-state index contributed by atoms with van der Waals surface area (Å²) in [6.45, 7) is 0.927. The number of thiazole rings is 1. The summed E-state index contributed by atoms with van der Waals surface area (Å²) in [6, 6.07) is 9.93. The van der Waals surface area contributed by atoms with Crippen molar-refractivity contribution >= 4 is 22.2 Å². The van der Waals surface area contributed by atoms with Gasteiger partial charge in [-0.25, -0.2) is 4.98 Å². The zero-order chi connectivity index (χ0) is 13.1. The first-order valence-electron chi connectivity index (χ1n) is 6.38. The molecular formula is C14H15N3OS. The fraction of sp³-hybridized carbons (Fsp3) is 0.286. The van der Waals surface area contributed by atoms with Gasteiger partial charge in [-0.3, -0.25) is 4.79 Å². The number of rotatable bonds is 3. The normalized spacial score (nSPS) is 18.4. The van der Waals surface area contributed by atoms with E-state index in [4.69, 9.17) is 0 Å². The molecular weight excluding hydrogens is 258 g/mol. The number of nitrogens with zero attached hydrogens (tertiary/aromatic N) is 1. The van der Waals surface area contributed by atoms with E-state index >= 15 is 0 Å². The number of amides is 1. The summed E-state index contributed by atoms with van der Waals surface area (Å²) >= 11 is 1.50. The van der Waals surface area contributed by atoms with Gasteiger partial charge < -0.3 is 10.6 Å². The van der Waals surface area contributed by atoms with Gasteiger partial charge >= 0.3 is 0 Å². The van der Waals surface area contributed by atoms with Gasteiger partial charge in [0, 0.05) is 5.56 Å². The quantitative estimate of drug-likeness (QED) is 0.903. The molecule has 0 unspecified atom stereocenters. The Balaban J connectivity index is 1.70. The molecule has 1 aromatic heterocycles. The highest BCUT2D eigenvalue weighted by molar-refractivity contribution is 7.19. The Labute approximate surface area is 115 Å². The number of anilines is 1. The lowest BCUT2D eigenvalue weighted by molar-refractivity contribution is -0.117. The lowest BCUT2D eigenvalue weighted by Crippen LogP contribution is -2.35. The van der Waals surface area contributed by atoms with Gasteiger partial charge in [-0.05, 0) is 19.4 Å². The van der Waals surface area contributed by atoms with E-state index in [9.17, 15) is 4.79 Å². The summed E-state index contributed by atoms with van der Waals surface area (Å²) < 4.78 is 0. The second-order valence-electron chi connectivity index (χ2n) is 4.53. The number of nitrogens with one attached hydrogen (secondary N) is 2. The second-order valence-corrected chi connectivity index (χ2v) is 5.56. The molecule has 1 saturated heterocycles. The Bertz CT molecular complexity index is 561. The van der Waals surface area contributed by atoms with Gasteiger partial charge in [0.15, 0.2) is 0 Å². The van der Waals surface area contributed by atoms with E-state index in [-0.39, 0.29) is 11.9 Å². The lowest BCUT2D eigenvalue weighted by atomic mass is 10.2. The van der Waals surface area contributed by atoms with Crippen LogP contribution in [0.3, 0.4) is 0 Å². The fourth-order valence-corrected chi connectivity index (χ4v) is 2.99. The van der Waals surface area contributed by atoms with Crippen LogP contribution in [0.25, 0.3) is 10.6 Å². The minimum absolute atomic E-state index is 0.0424. The third-order valence-electron chi connectivity index (χ3n) is 3.15. The molecule has 2 aromatic rings. The average molecular weight is 273 g/mol. The van der Waals surface area contributed by atoms with Crippen molar-refractivity contribution in [1.82, 2.24) is 10.3 Å². The van der Waals surface area contributed by atoms with E-state index in [1.54, 1.807) is 6.20 Å². The van der Waals surface area contributed by atoms with Crippen LogP contribution in [-0.2, 0) is 4.79 Å². The van der Waals surface area contributed by atoms with Crippen LogP contribution < -0.4 is 10.6 Å². The summed E-state index contributed by atoms with van der Waals surface area (Å²) in [4.78, 5) is 16.3. The van der Waals surface area contributed by atoms with Gasteiger partial charge in [0.2, 0.25) is 5.91 Å². The number of aromatic nitrogens is 1. The Morgan fingerprint density at radius 2 is 2.21 bits per heavy atom. The van der Waals surface area contributed by atoms with Crippen molar-refractivity contribution in [2.24, 2.45) is 0 Å². The third-order valence-corrected chi connectivity index (χ3v) is 4.11. The Hall–Kier alpha value is -1.72. The maximum Gasteiger partial charge on any atom is 0.242 e. The van der Waals surface area contributed by atoms with Gasteiger partial charge in [0.1, 0.15) is 10.0 Å². The molecule has 1 amide bonds. The van der Waals surface area contributed by atoms with Crippen molar-refractivity contribution < 1.29 is 4.79 Å². The second kappa shape index (κ2) is 5.50. The monoisotopic (exact) mass is 273 g/mol. The minimum Gasteiger partial charge on any atom is -0.315 e. The molecule has 0 radical (unpaired) electrons. The Kier molecular flexibility index (Phi) is 3.57. The maximum absolute atomic E-state index is 12.0. The highest BCUT2D eigenvalue weighted by atomic mass is 32.1. The number of carbonyl (C=O) groups excluding carboxylic acids is 1. The Morgan fingerprint density at radius 1 is 1.37 bits per heavy atom. The predicted octanol–water partition coefficient (Wildman–Crippen LogP) is 2.50. The van der Waals surface area contributed by atoms with Gasteiger partial charge in [0.05, 0.1) is 12.2 Å². The number of hydrogen-bond acceptors (Lipinski definition) is 4. The van der Waals surface area contributed by atoms with Crippen molar-refractivity contribution in [3.05, 3.63) is 36.5 Å². The zero-order valence-electron chi connectivity index (χ0n) is 10.4. The third kappa shape index (κ3) is 2.83. The van der Waals surface area contributed by atoms with E-state index in [1.165, 1.54) is 11.3 Å². The first kappa shape index (κ1) is 12.3. The summed E-state index contributed by atoms with van der Waals surface area (Å²) in [5.41, 5.74) is 1.08. The molecule has 2 N–H and O–H groups in total. The van der Waals surface area contributed by atoms with Crippen molar-refractivity contribution in [3.8, 4) is 10.6 Å².